The number of nitrogens with zero attached hydrogens (tertiary/aromatic N) is 1. The predicted octanol–water partition coefficient (Wildman–Crippen LogP) is 11.9. The van der Waals surface area contributed by atoms with Gasteiger partial charge in [0, 0.05) is 37.2 Å². The van der Waals surface area contributed by atoms with Crippen LogP contribution in [0.15, 0.2) is 115 Å². The summed E-state index contributed by atoms with van der Waals surface area (Å²) in [6.07, 6.45) is 0. The minimum atomic E-state index is -0.0564. The molecular weight excluding hydrogens is 633 g/mol. The van der Waals surface area contributed by atoms with Crippen molar-refractivity contribution in [2.24, 2.45) is 0 Å². The standard InChI is InChI=1S/C48H46BNS/c1-46(2,3)34-17-11-12-22-39(34)50-40-27-30(29-24-25-32-31-16-10-13-23-41(31)51-42(32)28-29)26-33-43-35(47(4,5)6)18-14-20-37(43)49(44(33)40)38-21-15-19-36(45(38)50)48(7,8)9/h10-28H,1-9H3. The molecule has 6 aromatic carbocycles. The Morgan fingerprint density at radius 3 is 1.86 bits per heavy atom. The third-order valence-corrected chi connectivity index (χ3v) is 12.4. The van der Waals surface area contributed by atoms with E-state index in [1.165, 1.54) is 92.6 Å². The number of benzene rings is 6. The number of thiophene rings is 1. The molecule has 51 heavy (non-hydrogen) atoms. The van der Waals surface area contributed by atoms with Gasteiger partial charge in [0.15, 0.2) is 0 Å². The van der Waals surface area contributed by atoms with Crippen molar-refractivity contribution in [3.05, 3.63) is 132 Å². The van der Waals surface area contributed by atoms with E-state index in [9.17, 15) is 0 Å². The summed E-state index contributed by atoms with van der Waals surface area (Å²) in [7, 11) is 0. The molecule has 0 aliphatic carbocycles. The second-order valence-corrected chi connectivity index (χ2v) is 18.9. The quantitative estimate of drug-likeness (QED) is 0.164. The van der Waals surface area contributed by atoms with E-state index in [2.05, 4.69) is 182 Å². The number of hydrogen-bond acceptors (Lipinski definition) is 2. The Kier molecular flexibility index (Phi) is 6.94. The van der Waals surface area contributed by atoms with Gasteiger partial charge in [-0.1, -0.05) is 153 Å². The summed E-state index contributed by atoms with van der Waals surface area (Å²) in [6, 6.07) is 44.3. The van der Waals surface area contributed by atoms with E-state index in [0.29, 0.717) is 0 Å². The maximum absolute atomic E-state index is 2.66. The first-order chi connectivity index (χ1) is 24.2. The molecule has 0 saturated carbocycles. The SMILES string of the molecule is CC(C)(C)c1ccccc1N1c2cc(-c3ccc4c(c3)sc3ccccc34)cc3c2B(c2cccc(C(C)(C)C)c2-3)c2cccc(C(C)(C)C)c21. The van der Waals surface area contributed by atoms with Crippen LogP contribution in [0.5, 0.6) is 0 Å². The average Bonchev–Trinajstić information content (AvgIpc) is 3.63. The van der Waals surface area contributed by atoms with Gasteiger partial charge in [-0.2, -0.15) is 0 Å². The fourth-order valence-corrected chi connectivity index (χ4v) is 10.1. The summed E-state index contributed by atoms with van der Waals surface area (Å²) in [5, 5.41) is 2.68. The fraction of sp³-hybridized carbons (Fsp3) is 0.250. The lowest BCUT2D eigenvalue weighted by atomic mass is 9.36. The second-order valence-electron chi connectivity index (χ2n) is 17.8. The van der Waals surface area contributed by atoms with Crippen molar-refractivity contribution in [3.63, 3.8) is 0 Å². The third kappa shape index (κ3) is 4.88. The highest BCUT2D eigenvalue weighted by molar-refractivity contribution is 7.25. The molecule has 0 amide bonds. The molecule has 3 heteroatoms. The first kappa shape index (κ1) is 32.3. The Hall–Kier alpha value is -4.60. The average molecular weight is 680 g/mol. The topological polar surface area (TPSA) is 3.24 Å². The highest BCUT2D eigenvalue weighted by atomic mass is 32.1. The molecule has 0 unspecified atom stereocenters. The summed E-state index contributed by atoms with van der Waals surface area (Å²) in [5.41, 5.74) is 17.6. The highest BCUT2D eigenvalue weighted by Crippen LogP contribution is 2.49. The predicted molar refractivity (Wildman–Crippen MR) is 226 cm³/mol. The second kappa shape index (κ2) is 11.0. The highest BCUT2D eigenvalue weighted by Gasteiger charge is 2.46. The van der Waals surface area contributed by atoms with E-state index in [1.54, 1.807) is 0 Å². The van der Waals surface area contributed by atoms with Gasteiger partial charge in [0.2, 0.25) is 6.71 Å². The number of fused-ring (bicyclic) bond motifs is 8. The van der Waals surface area contributed by atoms with Gasteiger partial charge in [-0.05, 0) is 96.4 Å². The van der Waals surface area contributed by atoms with Gasteiger partial charge >= 0.3 is 0 Å². The van der Waals surface area contributed by atoms with Crippen molar-refractivity contribution >= 4 is 71.7 Å². The van der Waals surface area contributed by atoms with Crippen molar-refractivity contribution in [3.8, 4) is 22.3 Å². The van der Waals surface area contributed by atoms with Crippen LogP contribution in [0.2, 0.25) is 0 Å². The molecule has 2 aliphatic rings. The molecule has 7 aromatic rings. The Balaban J connectivity index is 1.42. The molecule has 0 radical (unpaired) electrons. The summed E-state index contributed by atoms with van der Waals surface area (Å²) >= 11 is 1.90. The van der Waals surface area contributed by atoms with Crippen LogP contribution in [-0.2, 0) is 16.2 Å². The van der Waals surface area contributed by atoms with E-state index < -0.39 is 0 Å². The van der Waals surface area contributed by atoms with Crippen LogP contribution in [0.3, 0.4) is 0 Å². The van der Waals surface area contributed by atoms with Crippen molar-refractivity contribution in [2.75, 3.05) is 4.90 Å². The molecule has 3 heterocycles. The van der Waals surface area contributed by atoms with Gasteiger partial charge in [0.25, 0.3) is 0 Å². The summed E-state index contributed by atoms with van der Waals surface area (Å²) in [4.78, 5) is 2.66. The Bertz CT molecular complexity index is 2550. The van der Waals surface area contributed by atoms with Crippen LogP contribution >= 0.6 is 11.3 Å². The molecule has 0 bridgehead atoms. The minimum Gasteiger partial charge on any atom is -0.311 e. The maximum Gasteiger partial charge on any atom is 0.248 e. The minimum absolute atomic E-state index is 0.00762. The van der Waals surface area contributed by atoms with Crippen LogP contribution in [0.4, 0.5) is 17.1 Å². The van der Waals surface area contributed by atoms with Crippen LogP contribution in [0.1, 0.15) is 79.0 Å². The Morgan fingerprint density at radius 2 is 1.12 bits per heavy atom. The molecule has 1 aromatic heterocycles. The lowest BCUT2D eigenvalue weighted by Gasteiger charge is -2.41. The number of hydrogen-bond donors (Lipinski definition) is 0. The Morgan fingerprint density at radius 1 is 0.490 bits per heavy atom. The van der Waals surface area contributed by atoms with E-state index in [-0.39, 0.29) is 23.0 Å². The molecule has 252 valence electrons. The van der Waals surface area contributed by atoms with Crippen molar-refractivity contribution < 1.29 is 0 Å². The molecule has 0 fully saturated rings. The van der Waals surface area contributed by atoms with Crippen LogP contribution < -0.4 is 21.3 Å². The lowest BCUT2D eigenvalue weighted by molar-refractivity contribution is 0.587. The summed E-state index contributed by atoms with van der Waals surface area (Å²) in [6.45, 7) is 21.4. The first-order valence-corrected chi connectivity index (χ1v) is 19.3. The number of para-hydroxylation sites is 2. The zero-order chi connectivity index (χ0) is 35.6. The smallest absolute Gasteiger partial charge is 0.248 e. The van der Waals surface area contributed by atoms with Crippen molar-refractivity contribution in [2.45, 2.75) is 78.6 Å². The molecule has 1 nitrogen and oxygen atoms in total. The van der Waals surface area contributed by atoms with E-state index in [4.69, 9.17) is 0 Å². The maximum atomic E-state index is 2.66. The zero-order valence-electron chi connectivity index (χ0n) is 31.4. The number of rotatable bonds is 2. The molecule has 0 N–H and O–H groups in total. The first-order valence-electron chi connectivity index (χ1n) is 18.5. The van der Waals surface area contributed by atoms with Gasteiger partial charge in [-0.25, -0.2) is 0 Å². The van der Waals surface area contributed by atoms with Gasteiger partial charge < -0.3 is 4.90 Å². The van der Waals surface area contributed by atoms with Crippen molar-refractivity contribution in [1.82, 2.24) is 0 Å². The van der Waals surface area contributed by atoms with Gasteiger partial charge in [0.05, 0.1) is 0 Å². The monoisotopic (exact) mass is 679 g/mol. The molecule has 0 spiro atoms. The van der Waals surface area contributed by atoms with Crippen LogP contribution in [0, 0.1) is 0 Å². The van der Waals surface area contributed by atoms with Crippen LogP contribution in [-0.4, -0.2) is 6.71 Å². The van der Waals surface area contributed by atoms with E-state index >= 15 is 0 Å². The van der Waals surface area contributed by atoms with Gasteiger partial charge in [-0.3, -0.25) is 0 Å². The molecular formula is C48H46BNS. The summed E-state index contributed by atoms with van der Waals surface area (Å²) in [5.74, 6) is 0. The van der Waals surface area contributed by atoms with E-state index in [1.807, 2.05) is 11.3 Å². The normalized spacial score (nSPS) is 13.9. The third-order valence-electron chi connectivity index (χ3n) is 11.2. The summed E-state index contributed by atoms with van der Waals surface area (Å²) < 4.78 is 2.68. The number of anilines is 3. The van der Waals surface area contributed by atoms with Gasteiger partial charge in [-0.15, -0.1) is 11.3 Å². The van der Waals surface area contributed by atoms with E-state index in [0.717, 1.165) is 0 Å². The van der Waals surface area contributed by atoms with Gasteiger partial charge in [0.1, 0.15) is 0 Å². The zero-order valence-corrected chi connectivity index (χ0v) is 32.2. The van der Waals surface area contributed by atoms with Crippen molar-refractivity contribution in [1.29, 1.82) is 0 Å². The molecule has 9 rings (SSSR count). The van der Waals surface area contributed by atoms with Crippen LogP contribution in [0.25, 0.3) is 42.4 Å². The lowest BCUT2D eigenvalue weighted by Crippen LogP contribution is -2.55. The molecule has 0 saturated heterocycles. The molecule has 0 atom stereocenters. The Labute approximate surface area is 308 Å². The molecule has 2 aliphatic heterocycles. The largest absolute Gasteiger partial charge is 0.311 e. The fourth-order valence-electron chi connectivity index (χ4n) is 8.94.